The molecule has 0 aromatic carbocycles. The summed E-state index contributed by atoms with van der Waals surface area (Å²) in [6.45, 7) is 7.93. The average molecular weight is 241 g/mol. The van der Waals surface area contributed by atoms with Crippen molar-refractivity contribution >= 4 is 22.6 Å². The van der Waals surface area contributed by atoms with E-state index in [0.29, 0.717) is 5.41 Å². The predicted molar refractivity (Wildman–Crippen MR) is 51.0 cm³/mol. The molecule has 0 atom stereocenters. The fourth-order valence-corrected chi connectivity index (χ4v) is 0.780. The molecule has 0 rings (SSSR count). The van der Waals surface area contributed by atoms with Crippen LogP contribution in [0.1, 0.15) is 27.2 Å². The van der Waals surface area contributed by atoms with Gasteiger partial charge in [-0.1, -0.05) is 43.4 Å². The van der Waals surface area contributed by atoms with Crippen molar-refractivity contribution in [2.75, 3.05) is 11.1 Å². The Balaban J connectivity index is 3.33. The van der Waals surface area contributed by atoms with Crippen molar-refractivity contribution in [3.05, 3.63) is 0 Å². The van der Waals surface area contributed by atoms with Crippen LogP contribution in [0.5, 0.6) is 0 Å². The van der Waals surface area contributed by atoms with Gasteiger partial charge in [0.15, 0.2) is 0 Å². The van der Waals surface area contributed by atoms with Crippen LogP contribution in [0.25, 0.3) is 0 Å². The molecule has 9 heavy (non-hydrogen) atoms. The Kier molecular flexibility index (Phi) is 4.84. The lowest BCUT2D eigenvalue weighted by atomic mass is 9.90. The van der Waals surface area contributed by atoms with E-state index in [1.165, 1.54) is 6.42 Å². The molecule has 0 aromatic heterocycles. The van der Waals surface area contributed by atoms with Gasteiger partial charge in [-0.05, 0) is 11.8 Å². The minimum Gasteiger partial charge on any atom is -0.307 e. The largest absolute Gasteiger partial charge is 0.307 e. The van der Waals surface area contributed by atoms with Crippen LogP contribution >= 0.6 is 22.6 Å². The normalized spacial score (nSPS) is 12.0. The van der Waals surface area contributed by atoms with E-state index in [2.05, 4.69) is 48.7 Å². The molecule has 0 aliphatic carbocycles. The number of hydrogen-bond donors (Lipinski definition) is 1. The molecule has 0 aliphatic heterocycles. The van der Waals surface area contributed by atoms with E-state index in [-0.39, 0.29) is 0 Å². The first-order valence-electron chi connectivity index (χ1n) is 3.39. The molecule has 1 N–H and O–H groups in total. The van der Waals surface area contributed by atoms with Gasteiger partial charge in [-0.3, -0.25) is 0 Å². The van der Waals surface area contributed by atoms with E-state index in [1.54, 1.807) is 0 Å². The van der Waals surface area contributed by atoms with Crippen LogP contribution in [-0.4, -0.2) is 11.1 Å². The summed E-state index contributed by atoms with van der Waals surface area (Å²) < 4.78 is 1.06. The van der Waals surface area contributed by atoms with Crippen molar-refractivity contribution in [3.8, 4) is 0 Å². The van der Waals surface area contributed by atoms with Gasteiger partial charge < -0.3 is 5.32 Å². The maximum atomic E-state index is 3.33. The van der Waals surface area contributed by atoms with Crippen molar-refractivity contribution < 1.29 is 0 Å². The molecule has 2 heteroatoms. The highest BCUT2D eigenvalue weighted by Crippen LogP contribution is 2.17. The second-order valence-electron chi connectivity index (χ2n) is 3.08. The molecule has 0 unspecified atom stereocenters. The SMILES string of the molecule is CCC(C)(C)CNCI. The first kappa shape index (κ1) is 9.69. The van der Waals surface area contributed by atoms with Gasteiger partial charge in [0.2, 0.25) is 0 Å². The number of hydrogen-bond acceptors (Lipinski definition) is 1. The summed E-state index contributed by atoms with van der Waals surface area (Å²) in [4.78, 5) is 0. The van der Waals surface area contributed by atoms with Crippen LogP contribution in [-0.2, 0) is 0 Å². The second kappa shape index (κ2) is 4.50. The van der Waals surface area contributed by atoms with Gasteiger partial charge in [0.25, 0.3) is 0 Å². The molecule has 1 nitrogen and oxygen atoms in total. The molecule has 0 bridgehead atoms. The quantitative estimate of drug-likeness (QED) is 0.452. The maximum absolute atomic E-state index is 3.33. The molecular formula is C7H16IN. The lowest BCUT2D eigenvalue weighted by molar-refractivity contribution is 0.338. The van der Waals surface area contributed by atoms with Gasteiger partial charge in [0.1, 0.15) is 0 Å². The minimum atomic E-state index is 0.477. The van der Waals surface area contributed by atoms with Gasteiger partial charge in [-0.2, -0.15) is 0 Å². The third kappa shape index (κ3) is 5.15. The molecule has 0 radical (unpaired) electrons. The maximum Gasteiger partial charge on any atom is 0.0480 e. The Hall–Kier alpha value is 0.690. The molecule has 0 aliphatic rings. The van der Waals surface area contributed by atoms with Gasteiger partial charge in [0, 0.05) is 11.1 Å². The average Bonchev–Trinajstić information content (AvgIpc) is 1.84. The summed E-state index contributed by atoms with van der Waals surface area (Å²) in [5, 5.41) is 3.33. The zero-order valence-electron chi connectivity index (χ0n) is 6.50. The van der Waals surface area contributed by atoms with E-state index in [9.17, 15) is 0 Å². The first-order valence-corrected chi connectivity index (χ1v) is 4.91. The van der Waals surface area contributed by atoms with Gasteiger partial charge in [0.05, 0.1) is 0 Å². The summed E-state index contributed by atoms with van der Waals surface area (Å²) >= 11 is 2.33. The van der Waals surface area contributed by atoms with Crippen LogP contribution in [0.3, 0.4) is 0 Å². The Labute approximate surface area is 71.7 Å². The highest BCUT2D eigenvalue weighted by molar-refractivity contribution is 14.1. The molecule has 0 saturated heterocycles. The van der Waals surface area contributed by atoms with Gasteiger partial charge in [-0.25, -0.2) is 0 Å². The molecule has 0 heterocycles. The molecule has 0 fully saturated rings. The lowest BCUT2D eigenvalue weighted by Crippen LogP contribution is -2.27. The van der Waals surface area contributed by atoms with E-state index in [1.807, 2.05) is 0 Å². The summed E-state index contributed by atoms with van der Waals surface area (Å²) in [6, 6.07) is 0. The van der Waals surface area contributed by atoms with E-state index < -0.39 is 0 Å². The monoisotopic (exact) mass is 241 g/mol. The highest BCUT2D eigenvalue weighted by Gasteiger charge is 2.12. The van der Waals surface area contributed by atoms with Gasteiger partial charge in [-0.15, -0.1) is 0 Å². The van der Waals surface area contributed by atoms with E-state index >= 15 is 0 Å². The summed E-state index contributed by atoms with van der Waals surface area (Å²) in [5.41, 5.74) is 0.477. The molecule has 0 amide bonds. The lowest BCUT2D eigenvalue weighted by Gasteiger charge is -2.21. The highest BCUT2D eigenvalue weighted by atomic mass is 127. The van der Waals surface area contributed by atoms with Gasteiger partial charge >= 0.3 is 0 Å². The van der Waals surface area contributed by atoms with Crippen molar-refractivity contribution in [1.29, 1.82) is 0 Å². The van der Waals surface area contributed by atoms with E-state index in [0.717, 1.165) is 11.1 Å². The van der Waals surface area contributed by atoms with E-state index in [4.69, 9.17) is 0 Å². The number of halogens is 1. The summed E-state index contributed by atoms with van der Waals surface area (Å²) in [6.07, 6.45) is 1.25. The molecular weight excluding hydrogens is 225 g/mol. The Bertz CT molecular complexity index is 71.3. The standard InChI is InChI=1S/C7H16IN/c1-4-7(2,3)5-9-6-8/h9H,4-6H2,1-3H3. The van der Waals surface area contributed by atoms with Crippen LogP contribution in [0.2, 0.25) is 0 Å². The third-order valence-corrected chi connectivity index (χ3v) is 2.19. The van der Waals surface area contributed by atoms with Crippen molar-refractivity contribution in [2.24, 2.45) is 5.41 Å². The summed E-state index contributed by atoms with van der Waals surface area (Å²) in [5.74, 6) is 0. The van der Waals surface area contributed by atoms with Crippen LogP contribution in [0.15, 0.2) is 0 Å². The number of rotatable bonds is 4. The second-order valence-corrected chi connectivity index (χ2v) is 3.84. The smallest absolute Gasteiger partial charge is 0.0480 e. The fourth-order valence-electron chi connectivity index (χ4n) is 0.511. The number of alkyl halides is 1. The molecule has 0 spiro atoms. The molecule has 0 saturated carbocycles. The zero-order chi connectivity index (χ0) is 7.33. The van der Waals surface area contributed by atoms with Crippen molar-refractivity contribution in [3.63, 3.8) is 0 Å². The third-order valence-electron chi connectivity index (χ3n) is 1.66. The molecule has 0 aromatic rings. The topological polar surface area (TPSA) is 12.0 Å². The Morgan fingerprint density at radius 1 is 1.44 bits per heavy atom. The Morgan fingerprint density at radius 3 is 2.33 bits per heavy atom. The van der Waals surface area contributed by atoms with Crippen LogP contribution < -0.4 is 5.32 Å². The van der Waals surface area contributed by atoms with Crippen molar-refractivity contribution in [1.82, 2.24) is 5.32 Å². The minimum absolute atomic E-state index is 0.477. The predicted octanol–water partition coefficient (Wildman–Crippen LogP) is 2.40. The number of nitrogens with one attached hydrogen (secondary N) is 1. The molecule has 56 valence electrons. The van der Waals surface area contributed by atoms with Crippen molar-refractivity contribution in [2.45, 2.75) is 27.2 Å². The Morgan fingerprint density at radius 2 is 2.00 bits per heavy atom. The zero-order valence-corrected chi connectivity index (χ0v) is 8.66. The first-order chi connectivity index (χ1) is 4.12. The summed E-state index contributed by atoms with van der Waals surface area (Å²) in [7, 11) is 0. The van der Waals surface area contributed by atoms with Crippen LogP contribution in [0, 0.1) is 5.41 Å². The van der Waals surface area contributed by atoms with Crippen LogP contribution in [0.4, 0.5) is 0 Å². The fraction of sp³-hybridized carbons (Fsp3) is 1.00.